The highest BCUT2D eigenvalue weighted by Crippen LogP contribution is 2.31. The van der Waals surface area contributed by atoms with Crippen LogP contribution >= 0.6 is 0 Å². The topological polar surface area (TPSA) is 77.1 Å². The van der Waals surface area contributed by atoms with Crippen LogP contribution in [0.5, 0.6) is 17.2 Å². The van der Waals surface area contributed by atoms with Gasteiger partial charge in [0.05, 0.1) is 7.11 Å². The Morgan fingerprint density at radius 1 is 1.03 bits per heavy atom. The molecule has 1 heterocycles. The smallest absolute Gasteiger partial charge is 0.243 e. The van der Waals surface area contributed by atoms with Crippen LogP contribution < -0.4 is 19.5 Å². The first-order valence-corrected chi connectivity index (χ1v) is 12.7. The van der Waals surface area contributed by atoms with Crippen molar-refractivity contribution in [2.24, 2.45) is 0 Å². The lowest BCUT2D eigenvalue weighted by Crippen LogP contribution is -2.51. The number of amides is 2. The van der Waals surface area contributed by atoms with E-state index in [0.29, 0.717) is 39.0 Å². The van der Waals surface area contributed by atoms with E-state index in [0.717, 1.165) is 54.1 Å². The highest BCUT2D eigenvalue weighted by atomic mass is 16.6. The number of carbonyl (C=O) groups excluding carboxylic acids is 2. The summed E-state index contributed by atoms with van der Waals surface area (Å²) in [5.74, 6) is 2.13. The van der Waals surface area contributed by atoms with E-state index < -0.39 is 6.04 Å². The predicted octanol–water partition coefficient (Wildman–Crippen LogP) is 4.27. The van der Waals surface area contributed by atoms with Gasteiger partial charge in [0.25, 0.3) is 0 Å². The maximum absolute atomic E-state index is 13.5. The van der Waals surface area contributed by atoms with Crippen LogP contribution in [0.2, 0.25) is 0 Å². The normalized spacial score (nSPS) is 15.9. The average Bonchev–Trinajstić information content (AvgIpc) is 3.40. The fraction of sp³-hybridized carbons (Fsp3) is 0.500. The van der Waals surface area contributed by atoms with Crippen molar-refractivity contribution in [2.45, 2.75) is 70.5 Å². The lowest BCUT2D eigenvalue weighted by Gasteiger charge is -2.31. The lowest BCUT2D eigenvalue weighted by atomic mass is 10.0. The van der Waals surface area contributed by atoms with Crippen molar-refractivity contribution < 1.29 is 23.8 Å². The number of benzene rings is 2. The number of nitrogens with one attached hydrogen (secondary N) is 1. The largest absolute Gasteiger partial charge is 0.497 e. The first-order valence-electron chi connectivity index (χ1n) is 12.7. The molecule has 7 nitrogen and oxygen atoms in total. The molecule has 2 amide bonds. The molecule has 0 unspecified atom stereocenters. The summed E-state index contributed by atoms with van der Waals surface area (Å²) in [6.45, 7) is 3.42. The van der Waals surface area contributed by atoms with Gasteiger partial charge in [0.1, 0.15) is 25.0 Å². The first-order chi connectivity index (χ1) is 17.1. The fourth-order valence-corrected chi connectivity index (χ4v) is 4.85. The maximum atomic E-state index is 13.5. The van der Waals surface area contributed by atoms with E-state index in [1.54, 1.807) is 12.0 Å². The van der Waals surface area contributed by atoms with Gasteiger partial charge < -0.3 is 24.4 Å². The molecule has 4 rings (SSSR count). The zero-order chi connectivity index (χ0) is 24.6. The molecule has 0 radical (unpaired) electrons. The average molecular weight is 481 g/mol. The minimum atomic E-state index is -0.509. The second-order valence-electron chi connectivity index (χ2n) is 9.26. The number of methoxy groups -OCH3 is 1. The standard InChI is InChI=1S/C28H36N2O5/c1-3-24(28(32)29-22-6-4-5-7-22)30(19-21-8-12-23(33-2)13-9-21)27(31)15-11-20-10-14-25-26(18-20)35-17-16-34-25/h8-10,12-14,18,22,24H,3-7,11,15-17,19H2,1-2H3,(H,29,32)/t24-/m1/s1. The Hall–Kier alpha value is -3.22. The summed E-state index contributed by atoms with van der Waals surface area (Å²) in [6, 6.07) is 13.2. The Kier molecular flexibility index (Phi) is 8.50. The van der Waals surface area contributed by atoms with Gasteiger partial charge in [-0.15, -0.1) is 0 Å². The molecular formula is C28H36N2O5. The lowest BCUT2D eigenvalue weighted by molar-refractivity contribution is -0.141. The monoisotopic (exact) mass is 480 g/mol. The molecule has 188 valence electrons. The number of carbonyl (C=O) groups is 2. The summed E-state index contributed by atoms with van der Waals surface area (Å²) < 4.78 is 16.5. The number of fused-ring (bicyclic) bond motifs is 1. The van der Waals surface area contributed by atoms with Crippen LogP contribution in [0.4, 0.5) is 0 Å². The molecule has 1 N–H and O–H groups in total. The van der Waals surface area contributed by atoms with Crippen molar-refractivity contribution in [1.82, 2.24) is 10.2 Å². The van der Waals surface area contributed by atoms with Gasteiger partial charge in [-0.2, -0.15) is 0 Å². The molecule has 2 aromatic rings. The number of ether oxygens (including phenoxy) is 3. The van der Waals surface area contributed by atoms with E-state index in [9.17, 15) is 9.59 Å². The van der Waals surface area contributed by atoms with Gasteiger partial charge in [-0.3, -0.25) is 9.59 Å². The fourth-order valence-electron chi connectivity index (χ4n) is 4.85. The third-order valence-electron chi connectivity index (χ3n) is 6.83. The van der Waals surface area contributed by atoms with Crippen LogP contribution in [0.3, 0.4) is 0 Å². The zero-order valence-electron chi connectivity index (χ0n) is 20.8. The van der Waals surface area contributed by atoms with Crippen LogP contribution in [0.15, 0.2) is 42.5 Å². The molecule has 1 atom stereocenters. The summed E-state index contributed by atoms with van der Waals surface area (Å²) in [7, 11) is 1.63. The number of hydrogen-bond acceptors (Lipinski definition) is 5. The molecule has 7 heteroatoms. The van der Waals surface area contributed by atoms with Gasteiger partial charge in [0, 0.05) is 19.0 Å². The molecule has 0 saturated heterocycles. The Bertz CT molecular complexity index is 1000. The van der Waals surface area contributed by atoms with Crippen molar-refractivity contribution in [3.05, 3.63) is 53.6 Å². The van der Waals surface area contributed by atoms with Crippen LogP contribution in [0.25, 0.3) is 0 Å². The van der Waals surface area contributed by atoms with Crippen molar-refractivity contribution in [1.29, 1.82) is 0 Å². The van der Waals surface area contributed by atoms with Gasteiger partial charge in [-0.05, 0) is 61.1 Å². The third-order valence-corrected chi connectivity index (χ3v) is 6.83. The molecule has 1 saturated carbocycles. The molecule has 2 aliphatic rings. The SMILES string of the molecule is CC[C@H](C(=O)NC1CCCC1)N(Cc1ccc(OC)cc1)C(=O)CCc1ccc2c(c1)OCCO2. The van der Waals surface area contributed by atoms with Crippen LogP contribution in [-0.4, -0.2) is 49.1 Å². The number of nitrogens with zero attached hydrogens (tertiary/aromatic N) is 1. The molecule has 35 heavy (non-hydrogen) atoms. The minimum absolute atomic E-state index is 0.0378. The Morgan fingerprint density at radius 2 is 1.71 bits per heavy atom. The van der Waals surface area contributed by atoms with Crippen molar-refractivity contribution in [3.63, 3.8) is 0 Å². The van der Waals surface area contributed by atoms with Crippen LogP contribution in [-0.2, 0) is 22.6 Å². The molecule has 1 aliphatic carbocycles. The molecule has 2 aromatic carbocycles. The number of hydrogen-bond donors (Lipinski definition) is 1. The number of rotatable bonds is 10. The highest BCUT2D eigenvalue weighted by Gasteiger charge is 2.30. The van der Waals surface area contributed by atoms with Crippen LogP contribution in [0.1, 0.15) is 56.6 Å². The Labute approximate surface area is 207 Å². The Balaban J connectivity index is 1.48. The van der Waals surface area contributed by atoms with E-state index >= 15 is 0 Å². The summed E-state index contributed by atoms with van der Waals surface area (Å²) in [5, 5.41) is 3.19. The van der Waals surface area contributed by atoms with E-state index in [1.807, 2.05) is 49.4 Å². The van der Waals surface area contributed by atoms with Crippen molar-refractivity contribution >= 4 is 11.8 Å². The summed E-state index contributed by atoms with van der Waals surface area (Å²) >= 11 is 0. The highest BCUT2D eigenvalue weighted by molar-refractivity contribution is 5.88. The van der Waals surface area contributed by atoms with Crippen molar-refractivity contribution in [3.8, 4) is 17.2 Å². The van der Waals surface area contributed by atoms with Gasteiger partial charge in [0.2, 0.25) is 11.8 Å². The third kappa shape index (κ3) is 6.47. The predicted molar refractivity (Wildman–Crippen MR) is 134 cm³/mol. The van der Waals surface area contributed by atoms with E-state index in [1.165, 1.54) is 0 Å². The quantitative estimate of drug-likeness (QED) is 0.550. The van der Waals surface area contributed by atoms with Gasteiger partial charge in [-0.25, -0.2) is 0 Å². The minimum Gasteiger partial charge on any atom is -0.497 e. The molecule has 0 spiro atoms. The summed E-state index contributed by atoms with van der Waals surface area (Å²) in [4.78, 5) is 28.5. The number of aryl methyl sites for hydroxylation is 1. The Morgan fingerprint density at radius 3 is 2.40 bits per heavy atom. The zero-order valence-corrected chi connectivity index (χ0v) is 20.8. The molecule has 1 aliphatic heterocycles. The van der Waals surface area contributed by atoms with E-state index in [2.05, 4.69) is 5.32 Å². The van der Waals surface area contributed by atoms with Gasteiger partial charge in [-0.1, -0.05) is 38.0 Å². The van der Waals surface area contributed by atoms with Gasteiger partial charge in [0.15, 0.2) is 11.5 Å². The van der Waals surface area contributed by atoms with Crippen LogP contribution in [0, 0.1) is 0 Å². The summed E-state index contributed by atoms with van der Waals surface area (Å²) in [6.07, 6.45) is 5.75. The molecular weight excluding hydrogens is 444 g/mol. The van der Waals surface area contributed by atoms with E-state index in [4.69, 9.17) is 14.2 Å². The second kappa shape index (κ2) is 12.0. The van der Waals surface area contributed by atoms with Crippen molar-refractivity contribution in [2.75, 3.05) is 20.3 Å². The molecule has 0 aromatic heterocycles. The maximum Gasteiger partial charge on any atom is 0.243 e. The first kappa shape index (κ1) is 24.9. The van der Waals surface area contributed by atoms with E-state index in [-0.39, 0.29) is 17.9 Å². The molecule has 0 bridgehead atoms. The molecule has 1 fully saturated rings. The summed E-state index contributed by atoms with van der Waals surface area (Å²) in [5.41, 5.74) is 1.97. The second-order valence-corrected chi connectivity index (χ2v) is 9.26. The van der Waals surface area contributed by atoms with Gasteiger partial charge >= 0.3 is 0 Å².